The van der Waals surface area contributed by atoms with Crippen LogP contribution in [0.3, 0.4) is 0 Å². The predicted molar refractivity (Wildman–Crippen MR) is 85.6 cm³/mol. The zero-order chi connectivity index (χ0) is 16.2. The van der Waals surface area contributed by atoms with Crippen molar-refractivity contribution in [3.8, 4) is 0 Å². The fourth-order valence-corrected chi connectivity index (χ4v) is 2.92. The fraction of sp³-hybridized carbons (Fsp3) is 0.0714. The molecule has 2 aromatic carbocycles. The molecule has 9 heteroatoms. The zero-order valence-electron chi connectivity index (χ0n) is 11.7. The van der Waals surface area contributed by atoms with Gasteiger partial charge >= 0.3 is 0 Å². The SMILES string of the molecule is O=[N+]([O-])c1ccc(Cn2nnnc2Sc2ccccc2)c(Cl)c1. The van der Waals surface area contributed by atoms with Crippen molar-refractivity contribution < 1.29 is 4.92 Å². The summed E-state index contributed by atoms with van der Waals surface area (Å²) in [7, 11) is 0. The molecule has 0 saturated carbocycles. The van der Waals surface area contributed by atoms with Crippen molar-refractivity contribution in [3.63, 3.8) is 0 Å². The Morgan fingerprint density at radius 1 is 1.22 bits per heavy atom. The largest absolute Gasteiger partial charge is 0.270 e. The number of aromatic nitrogens is 4. The Hall–Kier alpha value is -2.45. The minimum Gasteiger partial charge on any atom is -0.258 e. The van der Waals surface area contributed by atoms with Gasteiger partial charge in [-0.15, -0.1) is 5.10 Å². The molecule has 0 atom stereocenters. The van der Waals surface area contributed by atoms with Crippen LogP contribution in [0.4, 0.5) is 5.69 Å². The molecule has 23 heavy (non-hydrogen) atoms. The summed E-state index contributed by atoms with van der Waals surface area (Å²) < 4.78 is 1.60. The van der Waals surface area contributed by atoms with Crippen LogP contribution >= 0.6 is 23.4 Å². The van der Waals surface area contributed by atoms with Crippen LogP contribution in [-0.2, 0) is 6.54 Å². The van der Waals surface area contributed by atoms with Crippen LogP contribution in [0.2, 0.25) is 5.02 Å². The number of non-ortho nitro benzene ring substituents is 1. The Balaban J connectivity index is 1.82. The first-order valence-corrected chi connectivity index (χ1v) is 7.75. The van der Waals surface area contributed by atoms with Crippen molar-refractivity contribution >= 4 is 29.1 Å². The van der Waals surface area contributed by atoms with Gasteiger partial charge in [-0.1, -0.05) is 29.8 Å². The molecule has 0 radical (unpaired) electrons. The predicted octanol–water partition coefficient (Wildman–Crippen LogP) is 3.43. The lowest BCUT2D eigenvalue weighted by Gasteiger charge is -2.06. The average molecular weight is 348 g/mol. The van der Waals surface area contributed by atoms with Gasteiger partial charge in [0.15, 0.2) is 0 Å². The van der Waals surface area contributed by atoms with E-state index in [-0.39, 0.29) is 5.69 Å². The highest BCUT2D eigenvalue weighted by molar-refractivity contribution is 7.99. The fourth-order valence-electron chi connectivity index (χ4n) is 1.90. The molecule has 0 spiro atoms. The van der Waals surface area contributed by atoms with Crippen LogP contribution in [0.25, 0.3) is 0 Å². The zero-order valence-corrected chi connectivity index (χ0v) is 13.2. The molecule has 0 fully saturated rings. The van der Waals surface area contributed by atoms with Gasteiger partial charge in [0.1, 0.15) is 0 Å². The summed E-state index contributed by atoms with van der Waals surface area (Å²) in [5.74, 6) is 0. The molecule has 1 heterocycles. The molecule has 1 aromatic heterocycles. The van der Waals surface area contributed by atoms with Gasteiger partial charge in [-0.05, 0) is 46.0 Å². The average Bonchev–Trinajstić information content (AvgIpc) is 2.97. The van der Waals surface area contributed by atoms with E-state index in [0.29, 0.717) is 22.3 Å². The maximum Gasteiger partial charge on any atom is 0.270 e. The van der Waals surface area contributed by atoms with Crippen LogP contribution in [0.1, 0.15) is 5.56 Å². The molecule has 7 nitrogen and oxygen atoms in total. The van der Waals surface area contributed by atoms with Gasteiger partial charge < -0.3 is 0 Å². The molecule has 0 bridgehead atoms. The number of halogens is 1. The number of tetrazole rings is 1. The summed E-state index contributed by atoms with van der Waals surface area (Å²) in [6.45, 7) is 0.332. The van der Waals surface area contributed by atoms with E-state index in [2.05, 4.69) is 15.5 Å². The third-order valence-electron chi connectivity index (χ3n) is 3.02. The summed E-state index contributed by atoms with van der Waals surface area (Å²) >= 11 is 7.54. The monoisotopic (exact) mass is 347 g/mol. The lowest BCUT2D eigenvalue weighted by Crippen LogP contribution is -2.04. The first-order chi connectivity index (χ1) is 11.1. The van der Waals surface area contributed by atoms with Crippen molar-refractivity contribution in [2.24, 2.45) is 0 Å². The van der Waals surface area contributed by atoms with E-state index in [0.717, 1.165) is 4.90 Å². The quantitative estimate of drug-likeness (QED) is 0.519. The highest BCUT2D eigenvalue weighted by Crippen LogP contribution is 2.27. The van der Waals surface area contributed by atoms with E-state index in [1.807, 2.05) is 30.3 Å². The molecule has 0 N–H and O–H groups in total. The summed E-state index contributed by atoms with van der Waals surface area (Å²) in [5.41, 5.74) is 0.661. The molecule has 3 rings (SSSR count). The van der Waals surface area contributed by atoms with Crippen molar-refractivity contribution in [1.82, 2.24) is 20.2 Å². The molecule has 0 unspecified atom stereocenters. The normalized spacial score (nSPS) is 10.7. The van der Waals surface area contributed by atoms with E-state index < -0.39 is 4.92 Å². The number of rotatable bonds is 5. The van der Waals surface area contributed by atoms with E-state index in [1.54, 1.807) is 10.7 Å². The number of nitro groups is 1. The summed E-state index contributed by atoms with van der Waals surface area (Å²) in [4.78, 5) is 11.3. The van der Waals surface area contributed by atoms with E-state index in [1.165, 1.54) is 23.9 Å². The van der Waals surface area contributed by atoms with Crippen molar-refractivity contribution in [2.45, 2.75) is 16.6 Å². The van der Waals surface area contributed by atoms with Gasteiger partial charge in [-0.25, -0.2) is 4.68 Å². The van der Waals surface area contributed by atoms with Gasteiger partial charge in [0.25, 0.3) is 5.69 Å². The molecule has 3 aromatic rings. The number of hydrogen-bond acceptors (Lipinski definition) is 6. The Kier molecular flexibility index (Phi) is 4.54. The molecule has 0 aliphatic carbocycles. The molecule has 0 aliphatic rings. The maximum absolute atomic E-state index is 10.7. The van der Waals surface area contributed by atoms with Gasteiger partial charge in [-0.3, -0.25) is 10.1 Å². The van der Waals surface area contributed by atoms with Crippen molar-refractivity contribution in [3.05, 3.63) is 69.2 Å². The van der Waals surface area contributed by atoms with Crippen LogP contribution < -0.4 is 0 Å². The third kappa shape index (κ3) is 3.66. The van der Waals surface area contributed by atoms with E-state index in [9.17, 15) is 10.1 Å². The van der Waals surface area contributed by atoms with Gasteiger partial charge in [0.05, 0.1) is 16.5 Å². The smallest absolute Gasteiger partial charge is 0.258 e. The first-order valence-electron chi connectivity index (χ1n) is 6.55. The standard InChI is InChI=1S/C14H10ClN5O2S/c15-13-8-11(20(21)22)7-6-10(13)9-19-14(16-17-18-19)23-12-4-2-1-3-5-12/h1-8H,9H2. The number of benzene rings is 2. The molecule has 116 valence electrons. The second-order valence-corrected chi connectivity index (χ2v) is 6.01. The number of nitro benzene ring substituents is 1. The lowest BCUT2D eigenvalue weighted by atomic mass is 10.2. The third-order valence-corrected chi connectivity index (χ3v) is 4.35. The van der Waals surface area contributed by atoms with E-state index >= 15 is 0 Å². The summed E-state index contributed by atoms with van der Waals surface area (Å²) in [5, 5.41) is 23.3. The molecule has 0 saturated heterocycles. The maximum atomic E-state index is 10.7. The van der Waals surface area contributed by atoms with Gasteiger partial charge in [-0.2, -0.15) is 0 Å². The van der Waals surface area contributed by atoms with Crippen molar-refractivity contribution in [1.29, 1.82) is 0 Å². The number of nitrogens with zero attached hydrogens (tertiary/aromatic N) is 5. The molecular formula is C14H10ClN5O2S. The summed E-state index contributed by atoms with van der Waals surface area (Å²) in [6.07, 6.45) is 0. The minimum absolute atomic E-state index is 0.0469. The molecule has 0 aliphatic heterocycles. The minimum atomic E-state index is -0.483. The number of hydrogen-bond donors (Lipinski definition) is 0. The van der Waals surface area contributed by atoms with Crippen molar-refractivity contribution in [2.75, 3.05) is 0 Å². The Labute approximate surface area is 140 Å². The Bertz CT molecular complexity index is 840. The van der Waals surface area contributed by atoms with Crippen LogP contribution in [0, 0.1) is 10.1 Å². The lowest BCUT2D eigenvalue weighted by molar-refractivity contribution is -0.384. The molecule has 0 amide bonds. The molecular weight excluding hydrogens is 338 g/mol. The van der Waals surface area contributed by atoms with Crippen LogP contribution in [0.15, 0.2) is 58.6 Å². The Morgan fingerprint density at radius 2 is 2.00 bits per heavy atom. The Morgan fingerprint density at radius 3 is 2.70 bits per heavy atom. The topological polar surface area (TPSA) is 86.7 Å². The highest BCUT2D eigenvalue weighted by atomic mass is 35.5. The second-order valence-electron chi connectivity index (χ2n) is 4.57. The van der Waals surface area contributed by atoms with Crippen LogP contribution in [-0.4, -0.2) is 25.1 Å². The first kappa shape index (κ1) is 15.4. The second kappa shape index (κ2) is 6.76. The van der Waals surface area contributed by atoms with E-state index in [4.69, 9.17) is 11.6 Å². The van der Waals surface area contributed by atoms with Crippen LogP contribution in [0.5, 0.6) is 0 Å². The van der Waals surface area contributed by atoms with Gasteiger partial charge in [0.2, 0.25) is 5.16 Å². The van der Waals surface area contributed by atoms with Gasteiger partial charge in [0, 0.05) is 17.0 Å². The highest BCUT2D eigenvalue weighted by Gasteiger charge is 2.13. The summed E-state index contributed by atoms with van der Waals surface area (Å²) in [6, 6.07) is 14.1.